The lowest BCUT2D eigenvalue weighted by atomic mass is 10.1. The minimum absolute atomic E-state index is 0.150. The van der Waals surface area contributed by atoms with Crippen LogP contribution in [0.1, 0.15) is 20.3 Å². The minimum atomic E-state index is -1.28. The summed E-state index contributed by atoms with van der Waals surface area (Å²) in [6.07, 6.45) is -0.394. The lowest BCUT2D eigenvalue weighted by Gasteiger charge is -2.07. The van der Waals surface area contributed by atoms with Crippen LogP contribution in [-0.2, 0) is 14.3 Å². The Balaban J connectivity index is 4.58. The molecule has 0 aromatic heterocycles. The first kappa shape index (κ1) is 10.7. The molecule has 0 aromatic carbocycles. The number of allylic oxidation sites excluding steroid dienone is 1. The van der Waals surface area contributed by atoms with E-state index in [1.165, 1.54) is 7.11 Å². The van der Waals surface area contributed by atoms with Gasteiger partial charge in [0, 0.05) is 18.0 Å². The molecule has 4 heteroatoms. The van der Waals surface area contributed by atoms with Gasteiger partial charge in [0.25, 0.3) is 0 Å². The van der Waals surface area contributed by atoms with Crippen molar-refractivity contribution in [2.75, 3.05) is 7.11 Å². The molecule has 0 aromatic rings. The van der Waals surface area contributed by atoms with E-state index in [0.29, 0.717) is 5.57 Å². The number of carboxylic acid groups (broad SMARTS) is 1. The zero-order valence-electron chi connectivity index (χ0n) is 7.34. The van der Waals surface area contributed by atoms with Crippen LogP contribution in [0.2, 0.25) is 0 Å². The van der Waals surface area contributed by atoms with Gasteiger partial charge >= 0.3 is 5.97 Å². The van der Waals surface area contributed by atoms with E-state index in [0.717, 1.165) is 0 Å². The predicted molar refractivity (Wildman–Crippen MR) is 40.0 cm³/mol. The number of aliphatic carboxylic acids is 1. The summed E-state index contributed by atoms with van der Waals surface area (Å²) < 4.78 is 4.39. The maximum Gasteiger partial charge on any atom is 0.334 e. The van der Waals surface area contributed by atoms with Gasteiger partial charge in [0.2, 0.25) is 0 Å². The molecule has 12 heavy (non-hydrogen) atoms. The summed E-state index contributed by atoms with van der Waals surface area (Å²) in [6, 6.07) is 0. The first-order chi connectivity index (χ1) is 5.49. The SMILES string of the molecule is COC(=O)C(CC(=O)[O-])=C(C)C. The summed E-state index contributed by atoms with van der Waals surface area (Å²) in [5, 5.41) is 10.2. The normalized spacial score (nSPS) is 8.92. The first-order valence-corrected chi connectivity index (χ1v) is 3.43. The molecule has 0 fully saturated rings. The van der Waals surface area contributed by atoms with Gasteiger partial charge in [-0.3, -0.25) is 0 Å². The Morgan fingerprint density at radius 2 is 1.83 bits per heavy atom. The highest BCUT2D eigenvalue weighted by Crippen LogP contribution is 2.09. The van der Waals surface area contributed by atoms with E-state index in [4.69, 9.17) is 0 Å². The van der Waals surface area contributed by atoms with Gasteiger partial charge in [0.1, 0.15) is 0 Å². The average molecular weight is 171 g/mol. The molecule has 0 saturated heterocycles. The van der Waals surface area contributed by atoms with Gasteiger partial charge < -0.3 is 14.6 Å². The molecule has 0 bridgehead atoms. The Labute approximate surface area is 70.8 Å². The summed E-state index contributed by atoms with van der Waals surface area (Å²) in [7, 11) is 1.21. The van der Waals surface area contributed by atoms with Crippen LogP contribution in [0.25, 0.3) is 0 Å². The Morgan fingerprint density at radius 3 is 2.08 bits per heavy atom. The molecular weight excluding hydrogens is 160 g/mol. The molecule has 0 aliphatic heterocycles. The second-order valence-corrected chi connectivity index (χ2v) is 2.52. The zero-order valence-corrected chi connectivity index (χ0v) is 7.34. The number of hydrogen-bond acceptors (Lipinski definition) is 4. The predicted octanol–water partition coefficient (Wildman–Crippen LogP) is -0.364. The molecule has 0 rings (SSSR count). The Bertz CT molecular complexity index is 223. The van der Waals surface area contributed by atoms with Crippen molar-refractivity contribution in [1.29, 1.82) is 0 Å². The molecule has 0 amide bonds. The van der Waals surface area contributed by atoms with E-state index >= 15 is 0 Å². The van der Waals surface area contributed by atoms with Crippen LogP contribution >= 0.6 is 0 Å². The van der Waals surface area contributed by atoms with E-state index < -0.39 is 18.4 Å². The molecule has 0 spiro atoms. The lowest BCUT2D eigenvalue weighted by Crippen LogP contribution is -2.25. The summed E-state index contributed by atoms with van der Waals surface area (Å²) in [5.74, 6) is -1.89. The van der Waals surface area contributed by atoms with E-state index in [1.807, 2.05) is 0 Å². The van der Waals surface area contributed by atoms with Crippen LogP contribution in [0.15, 0.2) is 11.1 Å². The van der Waals surface area contributed by atoms with Gasteiger partial charge in [-0.1, -0.05) is 5.57 Å². The van der Waals surface area contributed by atoms with Crippen LogP contribution in [0.3, 0.4) is 0 Å². The fraction of sp³-hybridized carbons (Fsp3) is 0.500. The third-order valence-electron chi connectivity index (χ3n) is 1.36. The molecule has 68 valence electrons. The average Bonchev–Trinajstić information content (AvgIpc) is 1.98. The largest absolute Gasteiger partial charge is 0.550 e. The summed E-state index contributed by atoms with van der Waals surface area (Å²) in [6.45, 7) is 3.30. The standard InChI is InChI=1S/C8H12O4/c1-5(2)6(4-7(9)10)8(11)12-3/h4H2,1-3H3,(H,9,10)/p-1. The number of rotatable bonds is 3. The molecule has 4 nitrogen and oxygen atoms in total. The van der Waals surface area contributed by atoms with Crippen molar-refractivity contribution in [3.63, 3.8) is 0 Å². The molecule has 0 N–H and O–H groups in total. The minimum Gasteiger partial charge on any atom is -0.550 e. The third kappa shape index (κ3) is 3.18. The second-order valence-electron chi connectivity index (χ2n) is 2.52. The highest BCUT2D eigenvalue weighted by molar-refractivity contribution is 5.93. The Hall–Kier alpha value is -1.32. The topological polar surface area (TPSA) is 66.4 Å². The molecule has 0 radical (unpaired) electrons. The molecule has 0 heterocycles. The van der Waals surface area contributed by atoms with Gasteiger partial charge in [0.15, 0.2) is 0 Å². The fourth-order valence-electron chi connectivity index (χ4n) is 0.721. The number of carbonyl (C=O) groups excluding carboxylic acids is 2. The molecule has 0 saturated carbocycles. The van der Waals surface area contributed by atoms with Crippen molar-refractivity contribution in [2.24, 2.45) is 0 Å². The number of methoxy groups -OCH3 is 1. The summed E-state index contributed by atoms with van der Waals surface area (Å²) >= 11 is 0. The Kier molecular flexibility index (Phi) is 4.04. The molecule has 0 aliphatic rings. The number of carboxylic acids is 1. The number of hydrogen-bond donors (Lipinski definition) is 0. The quantitative estimate of drug-likeness (QED) is 0.429. The van der Waals surface area contributed by atoms with Gasteiger partial charge in [-0.2, -0.15) is 0 Å². The summed E-state index contributed by atoms with van der Waals surface area (Å²) in [5.41, 5.74) is 0.781. The van der Waals surface area contributed by atoms with E-state index in [2.05, 4.69) is 4.74 Å². The van der Waals surface area contributed by atoms with Crippen LogP contribution < -0.4 is 5.11 Å². The van der Waals surface area contributed by atoms with Crippen LogP contribution in [0.4, 0.5) is 0 Å². The van der Waals surface area contributed by atoms with E-state index in [-0.39, 0.29) is 5.57 Å². The van der Waals surface area contributed by atoms with Gasteiger partial charge in [0.05, 0.1) is 7.11 Å². The molecule has 0 unspecified atom stereocenters. The molecule has 0 atom stereocenters. The maximum absolute atomic E-state index is 10.9. The Morgan fingerprint density at radius 1 is 1.33 bits per heavy atom. The summed E-state index contributed by atoms with van der Waals surface area (Å²) in [4.78, 5) is 21.1. The van der Waals surface area contributed by atoms with E-state index in [1.54, 1.807) is 13.8 Å². The number of ether oxygens (including phenoxy) is 1. The van der Waals surface area contributed by atoms with Crippen molar-refractivity contribution >= 4 is 11.9 Å². The third-order valence-corrected chi connectivity index (χ3v) is 1.36. The van der Waals surface area contributed by atoms with Crippen LogP contribution in [-0.4, -0.2) is 19.0 Å². The molecule has 0 aliphatic carbocycles. The smallest absolute Gasteiger partial charge is 0.334 e. The van der Waals surface area contributed by atoms with Gasteiger partial charge in [-0.15, -0.1) is 0 Å². The van der Waals surface area contributed by atoms with E-state index in [9.17, 15) is 14.7 Å². The second kappa shape index (κ2) is 4.54. The highest BCUT2D eigenvalue weighted by Gasteiger charge is 2.10. The van der Waals surface area contributed by atoms with Gasteiger partial charge in [-0.25, -0.2) is 4.79 Å². The number of esters is 1. The number of carbonyl (C=O) groups is 2. The van der Waals surface area contributed by atoms with Crippen molar-refractivity contribution in [3.8, 4) is 0 Å². The van der Waals surface area contributed by atoms with Crippen molar-refractivity contribution in [1.82, 2.24) is 0 Å². The van der Waals surface area contributed by atoms with Crippen LogP contribution in [0.5, 0.6) is 0 Å². The zero-order chi connectivity index (χ0) is 9.72. The first-order valence-electron chi connectivity index (χ1n) is 3.43. The van der Waals surface area contributed by atoms with Crippen molar-refractivity contribution in [3.05, 3.63) is 11.1 Å². The maximum atomic E-state index is 10.9. The monoisotopic (exact) mass is 171 g/mol. The highest BCUT2D eigenvalue weighted by atomic mass is 16.5. The van der Waals surface area contributed by atoms with Crippen molar-refractivity contribution < 1.29 is 19.4 Å². The van der Waals surface area contributed by atoms with Gasteiger partial charge in [-0.05, 0) is 13.8 Å². The molecular formula is C8H11O4-. The van der Waals surface area contributed by atoms with Crippen LogP contribution in [0, 0.1) is 0 Å². The lowest BCUT2D eigenvalue weighted by molar-refractivity contribution is -0.304. The van der Waals surface area contributed by atoms with Crippen molar-refractivity contribution in [2.45, 2.75) is 20.3 Å². The fourth-order valence-corrected chi connectivity index (χ4v) is 0.721.